The lowest BCUT2D eigenvalue weighted by Gasteiger charge is -2.22. The van der Waals surface area contributed by atoms with Gasteiger partial charge in [-0.1, -0.05) is 29.4 Å². The number of nitrogens with zero attached hydrogens (tertiary/aromatic N) is 4. The van der Waals surface area contributed by atoms with Gasteiger partial charge in [0.15, 0.2) is 5.82 Å². The Morgan fingerprint density at radius 1 is 1.13 bits per heavy atom. The molecule has 1 saturated heterocycles. The van der Waals surface area contributed by atoms with Crippen LogP contribution in [0, 0.1) is 5.82 Å². The van der Waals surface area contributed by atoms with E-state index in [4.69, 9.17) is 24.0 Å². The number of methoxy groups -OCH3 is 1. The van der Waals surface area contributed by atoms with Crippen LogP contribution in [0.4, 0.5) is 10.2 Å². The number of aryl methyl sites for hydroxylation is 2. The van der Waals surface area contributed by atoms with Crippen LogP contribution in [0.15, 0.2) is 70.1 Å². The summed E-state index contributed by atoms with van der Waals surface area (Å²) in [6.07, 6.45) is 6.22. The molecule has 0 spiro atoms. The first-order valence-electron chi connectivity index (χ1n) is 17.9. The molecule has 2 aliphatic rings. The Morgan fingerprint density at radius 3 is 2.72 bits per heavy atom. The van der Waals surface area contributed by atoms with Crippen LogP contribution >= 0.6 is 11.3 Å². The average molecular weight is 735 g/mol. The molecule has 2 aromatic carbocycles. The molecule has 1 fully saturated rings. The highest BCUT2D eigenvalue weighted by atomic mass is 32.1. The predicted molar refractivity (Wildman–Crippen MR) is 201 cm³/mol. The molecule has 0 saturated carbocycles. The zero-order valence-corrected chi connectivity index (χ0v) is 30.5. The van der Waals surface area contributed by atoms with Gasteiger partial charge in [-0.2, -0.15) is 0 Å². The molecule has 8 rings (SSSR count). The van der Waals surface area contributed by atoms with Crippen molar-refractivity contribution in [1.82, 2.24) is 25.0 Å². The molecule has 272 valence electrons. The minimum absolute atomic E-state index is 0.0399. The first-order chi connectivity index (χ1) is 25.8. The molecule has 0 bridgehead atoms. The van der Waals surface area contributed by atoms with Gasteiger partial charge in [0.25, 0.3) is 0 Å². The molecule has 5 heterocycles. The number of rotatable bonds is 11. The van der Waals surface area contributed by atoms with Crippen molar-refractivity contribution < 1.29 is 23.2 Å². The minimum atomic E-state index is -0.643. The molecule has 11 nitrogen and oxygen atoms in total. The Morgan fingerprint density at radius 2 is 1.98 bits per heavy atom. The van der Waals surface area contributed by atoms with Gasteiger partial charge in [-0.25, -0.2) is 19.0 Å². The van der Waals surface area contributed by atoms with Gasteiger partial charge in [0.2, 0.25) is 0 Å². The van der Waals surface area contributed by atoms with E-state index in [1.54, 1.807) is 39.4 Å². The predicted octanol–water partition coefficient (Wildman–Crippen LogP) is 7.35. The molecular weight excluding hydrogens is 696 g/mol. The molecule has 0 unspecified atom stereocenters. The van der Waals surface area contributed by atoms with E-state index < -0.39 is 11.7 Å². The van der Waals surface area contributed by atoms with Crippen molar-refractivity contribution in [2.75, 3.05) is 25.6 Å². The number of pyridine rings is 2. The average Bonchev–Trinajstić information content (AvgIpc) is 3.99. The molecule has 2 atom stereocenters. The highest BCUT2D eigenvalue weighted by Crippen LogP contribution is 2.47. The Kier molecular flexibility index (Phi) is 9.52. The second kappa shape index (κ2) is 14.6. The third-order valence-electron chi connectivity index (χ3n) is 10.2. The summed E-state index contributed by atoms with van der Waals surface area (Å²) in [5.74, 6) is 0.396. The van der Waals surface area contributed by atoms with Gasteiger partial charge in [0, 0.05) is 23.7 Å². The van der Waals surface area contributed by atoms with Gasteiger partial charge in [-0.05, 0) is 104 Å². The van der Waals surface area contributed by atoms with E-state index >= 15 is 0 Å². The second-order valence-electron chi connectivity index (χ2n) is 13.3. The SMILES string of the molecule is CCOC(=O)c1c([C@H]2CCCN2)nc(CCc2ccc(F)cc2)c(-c2noc(=O)n2C)c1-c1cc2ccnc(N[C@@H]3CCc4c(OC)cccc43)c2s1. The number of fused-ring (bicyclic) bond motifs is 2. The smallest absolute Gasteiger partial charge is 0.441 e. The van der Waals surface area contributed by atoms with Gasteiger partial charge in [-0.15, -0.1) is 11.3 Å². The number of hydrogen-bond donors (Lipinski definition) is 2. The van der Waals surface area contributed by atoms with E-state index in [-0.39, 0.29) is 30.3 Å². The number of thiophene rings is 1. The summed E-state index contributed by atoms with van der Waals surface area (Å²) >= 11 is 1.50. The lowest BCUT2D eigenvalue weighted by Crippen LogP contribution is -2.22. The van der Waals surface area contributed by atoms with Crippen LogP contribution in [-0.2, 0) is 31.0 Å². The standard InChI is InChI=1S/C40H39FN6O5S/c1-4-51-39(48)34-33(31-21-23-18-20-43-37(36(23)53-31)45-27-17-15-26-25(27)7-5-9-30(26)50-3)32(38-46-52-40(49)47(38)2)28(44-35(34)29-8-6-19-42-29)16-12-22-10-13-24(41)14-11-22/h5,7,9-11,13-14,18,20-21,27,29,42H,4,6,8,12,15-17,19H2,1-3H3,(H,43,45)/t27-,29-/m1/s1. The number of benzene rings is 2. The summed E-state index contributed by atoms with van der Waals surface area (Å²) < 4.78 is 32.7. The van der Waals surface area contributed by atoms with Crippen molar-refractivity contribution >= 4 is 33.2 Å². The van der Waals surface area contributed by atoms with Crippen LogP contribution in [0.5, 0.6) is 5.75 Å². The van der Waals surface area contributed by atoms with Gasteiger partial charge >= 0.3 is 11.7 Å². The normalized spacial score (nSPS) is 16.6. The number of carbonyl (C=O) groups is 1. The van der Waals surface area contributed by atoms with Crippen molar-refractivity contribution in [3.8, 4) is 27.6 Å². The molecule has 0 amide bonds. The number of ether oxygens (including phenoxy) is 2. The minimum Gasteiger partial charge on any atom is -0.496 e. The van der Waals surface area contributed by atoms with Crippen LogP contribution in [0.2, 0.25) is 0 Å². The Labute approximate surface area is 309 Å². The van der Waals surface area contributed by atoms with Gasteiger partial charge in [0.1, 0.15) is 17.4 Å². The maximum atomic E-state index is 14.2. The van der Waals surface area contributed by atoms with Crippen LogP contribution in [0.25, 0.3) is 31.9 Å². The fraction of sp³-hybridized carbons (Fsp3) is 0.325. The number of carbonyl (C=O) groups excluding carboxylic acids is 1. The fourth-order valence-electron chi connectivity index (χ4n) is 7.64. The van der Waals surface area contributed by atoms with E-state index in [1.165, 1.54) is 39.2 Å². The van der Waals surface area contributed by atoms with Crippen molar-refractivity contribution in [1.29, 1.82) is 0 Å². The second-order valence-corrected chi connectivity index (χ2v) is 14.4. The van der Waals surface area contributed by atoms with Gasteiger partial charge in [0.05, 0.1) is 53.0 Å². The topological polar surface area (TPSA) is 133 Å². The molecule has 53 heavy (non-hydrogen) atoms. The number of anilines is 1. The first kappa shape index (κ1) is 34.7. The third kappa shape index (κ3) is 6.48. The summed E-state index contributed by atoms with van der Waals surface area (Å²) in [4.78, 5) is 37.8. The number of nitrogens with one attached hydrogen (secondary N) is 2. The van der Waals surface area contributed by atoms with Crippen molar-refractivity contribution in [3.63, 3.8) is 0 Å². The number of esters is 1. The van der Waals surface area contributed by atoms with Crippen LogP contribution in [0.1, 0.15) is 76.7 Å². The van der Waals surface area contributed by atoms with E-state index in [9.17, 15) is 14.0 Å². The molecule has 1 aliphatic carbocycles. The Balaban J connectivity index is 1.34. The van der Waals surface area contributed by atoms with Crippen molar-refractivity contribution in [2.45, 2.75) is 57.5 Å². The molecule has 13 heteroatoms. The fourth-order valence-corrected chi connectivity index (χ4v) is 8.80. The lowest BCUT2D eigenvalue weighted by molar-refractivity contribution is 0.0524. The summed E-state index contributed by atoms with van der Waals surface area (Å²) in [5.41, 5.74) is 5.94. The van der Waals surface area contributed by atoms with E-state index in [2.05, 4.69) is 21.9 Å². The monoisotopic (exact) mass is 734 g/mol. The summed E-state index contributed by atoms with van der Waals surface area (Å²) in [6, 6.07) is 16.4. The molecule has 0 radical (unpaired) electrons. The van der Waals surface area contributed by atoms with Gasteiger partial charge < -0.3 is 20.1 Å². The van der Waals surface area contributed by atoms with Crippen LogP contribution in [0.3, 0.4) is 0 Å². The van der Waals surface area contributed by atoms with Gasteiger partial charge in [-0.3, -0.25) is 14.1 Å². The van der Waals surface area contributed by atoms with E-state index in [0.717, 1.165) is 64.3 Å². The number of hydrogen-bond acceptors (Lipinski definition) is 11. The van der Waals surface area contributed by atoms with Crippen LogP contribution < -0.4 is 21.1 Å². The quantitative estimate of drug-likeness (QED) is 0.130. The zero-order chi connectivity index (χ0) is 36.6. The third-order valence-corrected chi connectivity index (χ3v) is 11.4. The van der Waals surface area contributed by atoms with E-state index in [1.807, 2.05) is 24.3 Å². The maximum absolute atomic E-state index is 14.2. The number of aromatic nitrogens is 4. The zero-order valence-electron chi connectivity index (χ0n) is 29.7. The summed E-state index contributed by atoms with van der Waals surface area (Å²) in [5, 5.41) is 12.4. The van der Waals surface area contributed by atoms with Crippen molar-refractivity contribution in [2.24, 2.45) is 7.05 Å². The summed E-state index contributed by atoms with van der Waals surface area (Å²) in [7, 11) is 3.28. The van der Waals surface area contributed by atoms with Crippen LogP contribution in [-0.4, -0.2) is 45.9 Å². The maximum Gasteiger partial charge on any atom is 0.441 e. The first-order valence-corrected chi connectivity index (χ1v) is 18.7. The molecule has 1 aliphatic heterocycles. The largest absolute Gasteiger partial charge is 0.496 e. The molecule has 2 N–H and O–H groups in total. The summed E-state index contributed by atoms with van der Waals surface area (Å²) in [6.45, 7) is 2.73. The molecular formula is C40H39FN6O5S. The molecule has 6 aromatic rings. The number of halogens is 1. The highest BCUT2D eigenvalue weighted by molar-refractivity contribution is 7.23. The Bertz CT molecular complexity index is 2380. The highest BCUT2D eigenvalue weighted by Gasteiger charge is 2.35. The molecule has 4 aromatic heterocycles. The Hall–Kier alpha value is -5.40. The lowest BCUT2D eigenvalue weighted by atomic mass is 9.91. The van der Waals surface area contributed by atoms with E-state index in [0.29, 0.717) is 40.9 Å². The van der Waals surface area contributed by atoms with Crippen molar-refractivity contribution in [3.05, 3.63) is 111 Å².